The van der Waals surface area contributed by atoms with Crippen LogP contribution in [0.15, 0.2) is 51.7 Å². The highest BCUT2D eigenvalue weighted by Crippen LogP contribution is 2.24. The van der Waals surface area contributed by atoms with E-state index in [1.165, 1.54) is 0 Å². The van der Waals surface area contributed by atoms with Crippen molar-refractivity contribution in [1.29, 1.82) is 0 Å². The second-order valence-electron chi connectivity index (χ2n) is 3.69. The van der Waals surface area contributed by atoms with Crippen LogP contribution in [0.3, 0.4) is 0 Å². The van der Waals surface area contributed by atoms with Crippen LogP contribution in [0.5, 0.6) is 11.5 Å². The van der Waals surface area contributed by atoms with Gasteiger partial charge in [0.15, 0.2) is 5.75 Å². The number of halogens is 1. The molecular formula is C14H11BrO3. The predicted molar refractivity (Wildman–Crippen MR) is 74.1 cm³/mol. The molecule has 2 rings (SSSR count). The molecule has 2 aromatic carbocycles. The van der Waals surface area contributed by atoms with Crippen LogP contribution in [0.1, 0.15) is 0 Å². The van der Waals surface area contributed by atoms with E-state index in [2.05, 4.69) is 15.9 Å². The molecule has 0 radical (unpaired) electrons. The lowest BCUT2D eigenvalue weighted by Gasteiger charge is -2.01. The van der Waals surface area contributed by atoms with Crippen LogP contribution >= 0.6 is 15.9 Å². The average molecular weight is 307 g/mol. The van der Waals surface area contributed by atoms with Gasteiger partial charge in [-0.25, -0.2) is 0 Å². The van der Waals surface area contributed by atoms with E-state index in [9.17, 15) is 9.90 Å². The van der Waals surface area contributed by atoms with E-state index in [1.54, 1.807) is 49.6 Å². The highest BCUT2D eigenvalue weighted by Gasteiger charge is 2.08. The first kappa shape index (κ1) is 12.6. The molecule has 0 heterocycles. The standard InChI is InChI=1S/C14H11BrO3/c1-18-10-7-5-9(6-8-10)11-3-2-4-12(15)14(17)13(11)16/h2-8H,1H3,(H,16,17). The molecular weight excluding hydrogens is 296 g/mol. The Morgan fingerprint density at radius 3 is 2.39 bits per heavy atom. The zero-order valence-electron chi connectivity index (χ0n) is 9.68. The Labute approximate surface area is 113 Å². The Kier molecular flexibility index (Phi) is 3.67. The van der Waals surface area contributed by atoms with Gasteiger partial charge in [0, 0.05) is 5.56 Å². The molecule has 0 fully saturated rings. The van der Waals surface area contributed by atoms with E-state index in [-0.39, 0.29) is 5.75 Å². The molecule has 1 N–H and O–H groups in total. The normalized spacial score (nSPS) is 10.1. The quantitative estimate of drug-likeness (QED) is 0.927. The summed E-state index contributed by atoms with van der Waals surface area (Å²) in [5.41, 5.74) is 0.775. The molecule has 0 saturated heterocycles. The summed E-state index contributed by atoms with van der Waals surface area (Å²) in [4.78, 5) is 12.0. The third kappa shape index (κ3) is 2.38. The van der Waals surface area contributed by atoms with Crippen LogP contribution in [0.25, 0.3) is 11.1 Å². The van der Waals surface area contributed by atoms with Crippen molar-refractivity contribution in [3.8, 4) is 22.6 Å². The number of methoxy groups -OCH3 is 1. The zero-order chi connectivity index (χ0) is 13.1. The van der Waals surface area contributed by atoms with Crippen molar-refractivity contribution in [2.75, 3.05) is 7.11 Å². The van der Waals surface area contributed by atoms with E-state index in [0.717, 1.165) is 11.3 Å². The van der Waals surface area contributed by atoms with Crippen molar-refractivity contribution in [1.82, 2.24) is 0 Å². The molecule has 0 spiro atoms. The van der Waals surface area contributed by atoms with E-state index in [1.807, 2.05) is 0 Å². The first-order valence-corrected chi connectivity index (χ1v) is 6.09. The Bertz CT molecular complexity index is 621. The summed E-state index contributed by atoms with van der Waals surface area (Å²) in [6, 6.07) is 12.1. The minimum Gasteiger partial charge on any atom is -0.503 e. The molecule has 3 nitrogen and oxygen atoms in total. The highest BCUT2D eigenvalue weighted by molar-refractivity contribution is 9.10. The third-order valence-electron chi connectivity index (χ3n) is 2.59. The summed E-state index contributed by atoms with van der Waals surface area (Å²) in [5, 5.41) is 9.73. The van der Waals surface area contributed by atoms with Crippen molar-refractivity contribution in [2.45, 2.75) is 0 Å². The number of rotatable bonds is 2. The summed E-state index contributed by atoms with van der Waals surface area (Å²) in [5.74, 6) is 0.433. The van der Waals surface area contributed by atoms with Gasteiger partial charge in [0.1, 0.15) is 5.75 Å². The summed E-state index contributed by atoms with van der Waals surface area (Å²) in [6.45, 7) is 0. The topological polar surface area (TPSA) is 46.5 Å². The van der Waals surface area contributed by atoms with Gasteiger partial charge in [0.2, 0.25) is 5.43 Å². The monoisotopic (exact) mass is 306 g/mol. The van der Waals surface area contributed by atoms with Gasteiger partial charge < -0.3 is 9.84 Å². The molecule has 0 aliphatic heterocycles. The molecule has 0 amide bonds. The fraction of sp³-hybridized carbons (Fsp3) is 0.0714. The van der Waals surface area contributed by atoms with Crippen molar-refractivity contribution in [2.24, 2.45) is 0 Å². The summed E-state index contributed by atoms with van der Waals surface area (Å²) >= 11 is 3.14. The molecule has 0 saturated carbocycles. The maximum absolute atomic E-state index is 12.0. The first-order valence-electron chi connectivity index (χ1n) is 5.29. The molecule has 0 unspecified atom stereocenters. The van der Waals surface area contributed by atoms with Gasteiger partial charge in [-0.2, -0.15) is 0 Å². The summed E-state index contributed by atoms with van der Waals surface area (Å²) in [7, 11) is 1.58. The van der Waals surface area contributed by atoms with Crippen LogP contribution in [0.2, 0.25) is 0 Å². The summed E-state index contributed by atoms with van der Waals surface area (Å²) in [6.07, 6.45) is 0. The van der Waals surface area contributed by atoms with Gasteiger partial charge in [-0.05, 0) is 39.7 Å². The molecule has 2 aromatic rings. The Balaban J connectivity index is 2.61. The molecule has 0 aromatic heterocycles. The lowest BCUT2D eigenvalue weighted by atomic mass is 10.1. The predicted octanol–water partition coefficient (Wildman–Crippen LogP) is 3.19. The summed E-state index contributed by atoms with van der Waals surface area (Å²) < 4.78 is 5.44. The smallest absolute Gasteiger partial charge is 0.229 e. The van der Waals surface area contributed by atoms with E-state index in [4.69, 9.17) is 4.74 Å². The number of aromatic hydroxyl groups is 1. The minimum absolute atomic E-state index is 0.286. The Hall–Kier alpha value is -1.81. The largest absolute Gasteiger partial charge is 0.503 e. The van der Waals surface area contributed by atoms with Crippen LogP contribution < -0.4 is 10.2 Å². The van der Waals surface area contributed by atoms with Gasteiger partial charge in [-0.1, -0.05) is 24.3 Å². The highest BCUT2D eigenvalue weighted by atomic mass is 79.9. The Morgan fingerprint density at radius 1 is 1.11 bits per heavy atom. The molecule has 92 valence electrons. The van der Waals surface area contributed by atoms with Crippen molar-refractivity contribution < 1.29 is 9.84 Å². The number of hydrogen-bond acceptors (Lipinski definition) is 3. The van der Waals surface area contributed by atoms with Gasteiger partial charge in [-0.3, -0.25) is 4.79 Å². The second kappa shape index (κ2) is 5.23. The SMILES string of the molecule is COc1ccc(-c2cccc(Br)c(O)c2=O)cc1. The van der Waals surface area contributed by atoms with Gasteiger partial charge in [0.25, 0.3) is 0 Å². The maximum atomic E-state index is 12.0. The lowest BCUT2D eigenvalue weighted by molar-refractivity contribution is 0.415. The molecule has 0 atom stereocenters. The zero-order valence-corrected chi connectivity index (χ0v) is 11.3. The van der Waals surface area contributed by atoms with Gasteiger partial charge in [0.05, 0.1) is 11.6 Å². The van der Waals surface area contributed by atoms with Crippen LogP contribution in [0.4, 0.5) is 0 Å². The Morgan fingerprint density at radius 2 is 1.78 bits per heavy atom. The van der Waals surface area contributed by atoms with Crippen LogP contribution in [0, 0.1) is 0 Å². The molecule has 4 heteroatoms. The second-order valence-corrected chi connectivity index (χ2v) is 4.55. The van der Waals surface area contributed by atoms with Crippen molar-refractivity contribution in [3.63, 3.8) is 0 Å². The molecule has 0 bridgehead atoms. The van der Waals surface area contributed by atoms with Gasteiger partial charge >= 0.3 is 0 Å². The van der Waals surface area contributed by atoms with Gasteiger partial charge in [-0.15, -0.1) is 0 Å². The molecule has 0 aliphatic rings. The van der Waals surface area contributed by atoms with Crippen molar-refractivity contribution in [3.05, 3.63) is 57.2 Å². The molecule has 18 heavy (non-hydrogen) atoms. The number of ether oxygens (including phenoxy) is 1. The first-order chi connectivity index (χ1) is 8.63. The van der Waals surface area contributed by atoms with E-state index in [0.29, 0.717) is 10.0 Å². The number of benzene rings is 1. The van der Waals surface area contributed by atoms with Crippen LogP contribution in [-0.2, 0) is 0 Å². The fourth-order valence-corrected chi connectivity index (χ4v) is 1.95. The minimum atomic E-state index is -0.406. The fourth-order valence-electron chi connectivity index (χ4n) is 1.62. The number of hydrogen-bond donors (Lipinski definition) is 1. The van der Waals surface area contributed by atoms with E-state index >= 15 is 0 Å². The average Bonchev–Trinajstić information content (AvgIpc) is 2.53. The molecule has 0 aliphatic carbocycles. The lowest BCUT2D eigenvalue weighted by Crippen LogP contribution is -2.00. The van der Waals surface area contributed by atoms with E-state index < -0.39 is 5.43 Å². The van der Waals surface area contributed by atoms with Crippen LogP contribution in [-0.4, -0.2) is 12.2 Å². The van der Waals surface area contributed by atoms with Crippen molar-refractivity contribution >= 4 is 15.9 Å². The third-order valence-corrected chi connectivity index (χ3v) is 3.23. The maximum Gasteiger partial charge on any atom is 0.229 e.